The van der Waals surface area contributed by atoms with E-state index in [0.717, 1.165) is 59.1 Å². The third-order valence-corrected chi connectivity index (χ3v) is 8.24. The normalized spacial score (nSPS) is 24.1. The van der Waals surface area contributed by atoms with Gasteiger partial charge in [0, 0.05) is 27.9 Å². The summed E-state index contributed by atoms with van der Waals surface area (Å²) >= 11 is 4.09. The summed E-state index contributed by atoms with van der Waals surface area (Å²) in [5, 5.41) is 7.94. The van der Waals surface area contributed by atoms with Crippen LogP contribution in [-0.2, 0) is 11.2 Å². The number of halogens is 1. The number of hydrogen-bond donors (Lipinski definition) is 2. The van der Waals surface area contributed by atoms with Gasteiger partial charge in [-0.05, 0) is 64.6 Å². The molecule has 2 aliphatic carbocycles. The second kappa shape index (κ2) is 9.43. The fraction of sp³-hybridized carbons (Fsp3) is 0.667. The summed E-state index contributed by atoms with van der Waals surface area (Å²) in [4.78, 5) is 26.7. The number of alkyl halides is 1. The van der Waals surface area contributed by atoms with Gasteiger partial charge in [-0.25, -0.2) is 9.97 Å². The Bertz CT molecular complexity index is 862. The van der Waals surface area contributed by atoms with Crippen molar-refractivity contribution in [1.82, 2.24) is 20.2 Å². The molecule has 6 nitrogen and oxygen atoms in total. The van der Waals surface area contributed by atoms with Crippen molar-refractivity contribution >= 4 is 55.9 Å². The molecule has 0 spiro atoms. The zero-order valence-electron chi connectivity index (χ0n) is 17.2. The Morgan fingerprint density at radius 2 is 2.03 bits per heavy atom. The molecule has 4 rings (SSSR count). The fourth-order valence-corrected chi connectivity index (χ4v) is 6.28. The molecule has 158 valence electrons. The van der Waals surface area contributed by atoms with Crippen LogP contribution in [0.15, 0.2) is 6.33 Å². The Morgan fingerprint density at radius 1 is 1.24 bits per heavy atom. The molecule has 8 heteroatoms. The smallest absolute Gasteiger partial charge is 0.227 e. The molecule has 1 atom stereocenters. The van der Waals surface area contributed by atoms with Crippen molar-refractivity contribution in [2.24, 2.45) is 0 Å². The lowest BCUT2D eigenvalue weighted by Crippen LogP contribution is -2.36. The largest absolute Gasteiger partial charge is 0.367 e. The van der Waals surface area contributed by atoms with Crippen LogP contribution in [0.4, 0.5) is 5.82 Å². The lowest BCUT2D eigenvalue weighted by Gasteiger charge is -2.33. The average Bonchev–Trinajstić information content (AvgIpc) is 3.28. The van der Waals surface area contributed by atoms with Crippen molar-refractivity contribution in [2.45, 2.75) is 62.9 Å². The molecule has 0 aromatic carbocycles. The van der Waals surface area contributed by atoms with Gasteiger partial charge in [0.05, 0.1) is 11.3 Å². The van der Waals surface area contributed by atoms with E-state index in [9.17, 15) is 4.79 Å². The van der Waals surface area contributed by atoms with Crippen LogP contribution in [0.2, 0.25) is 0 Å². The number of amides is 1. The van der Waals surface area contributed by atoms with Gasteiger partial charge in [0.2, 0.25) is 5.91 Å². The number of carbonyl (C=O) groups excluding carboxylic acids is 1. The van der Waals surface area contributed by atoms with E-state index in [1.165, 1.54) is 23.3 Å². The number of thiophene rings is 1. The van der Waals surface area contributed by atoms with E-state index in [2.05, 4.69) is 62.2 Å². The van der Waals surface area contributed by atoms with Crippen molar-refractivity contribution in [3.63, 3.8) is 0 Å². The van der Waals surface area contributed by atoms with Crippen molar-refractivity contribution in [3.05, 3.63) is 16.8 Å². The van der Waals surface area contributed by atoms with Crippen LogP contribution in [0.1, 0.15) is 54.9 Å². The second-order valence-corrected chi connectivity index (χ2v) is 10.5. The van der Waals surface area contributed by atoms with E-state index in [0.29, 0.717) is 12.1 Å². The van der Waals surface area contributed by atoms with Crippen molar-refractivity contribution < 1.29 is 4.79 Å². The molecule has 2 aromatic rings. The van der Waals surface area contributed by atoms with Gasteiger partial charge in [-0.3, -0.25) is 4.79 Å². The third-order valence-electron chi connectivity index (χ3n) is 6.30. The monoisotopic (exact) mass is 527 g/mol. The van der Waals surface area contributed by atoms with Gasteiger partial charge in [-0.1, -0.05) is 22.6 Å². The van der Waals surface area contributed by atoms with Gasteiger partial charge in [0.15, 0.2) is 0 Å². The van der Waals surface area contributed by atoms with E-state index in [1.807, 2.05) is 0 Å². The number of hydrogen-bond acceptors (Lipinski definition) is 6. The number of nitrogens with zero attached hydrogens (tertiary/aromatic N) is 3. The molecular formula is C21H30IN5OS. The minimum absolute atomic E-state index is 0.0658. The molecule has 0 saturated heterocycles. The first-order valence-electron chi connectivity index (χ1n) is 10.6. The van der Waals surface area contributed by atoms with Gasteiger partial charge in [0.1, 0.15) is 17.0 Å². The molecule has 2 aliphatic rings. The molecule has 1 fully saturated rings. The Kier molecular flexibility index (Phi) is 6.91. The highest BCUT2D eigenvalue weighted by Gasteiger charge is 2.34. The predicted molar refractivity (Wildman–Crippen MR) is 128 cm³/mol. The fourth-order valence-electron chi connectivity index (χ4n) is 4.68. The maximum Gasteiger partial charge on any atom is 0.227 e. The highest BCUT2D eigenvalue weighted by molar-refractivity contribution is 14.1. The molecule has 0 aliphatic heterocycles. The van der Waals surface area contributed by atoms with Gasteiger partial charge in [-0.2, -0.15) is 0 Å². The minimum atomic E-state index is -0.0658. The van der Waals surface area contributed by atoms with E-state index in [4.69, 9.17) is 0 Å². The number of fused-ring (bicyclic) bond motifs is 3. The van der Waals surface area contributed by atoms with Gasteiger partial charge in [0.25, 0.3) is 0 Å². The highest BCUT2D eigenvalue weighted by atomic mass is 127. The molecule has 1 unspecified atom stereocenters. The van der Waals surface area contributed by atoms with Gasteiger partial charge < -0.3 is 15.5 Å². The number of anilines is 1. The highest BCUT2D eigenvalue weighted by Crippen LogP contribution is 2.45. The van der Waals surface area contributed by atoms with Crippen molar-refractivity contribution in [2.75, 3.05) is 30.4 Å². The topological polar surface area (TPSA) is 70.1 Å². The zero-order valence-corrected chi connectivity index (χ0v) is 20.2. The summed E-state index contributed by atoms with van der Waals surface area (Å²) in [6, 6.07) is 1.12. The van der Waals surface area contributed by atoms with Crippen LogP contribution >= 0.6 is 33.9 Å². The predicted octanol–water partition coefficient (Wildman–Crippen LogP) is 3.95. The molecule has 1 saturated carbocycles. The number of aryl methyl sites for hydroxylation is 1. The lowest BCUT2D eigenvalue weighted by atomic mass is 9.90. The SMILES string of the molecule is CN(C)C1CCC(Nc2ncnc3sc4c(c23)C(C(=O)NCCCI)CC4)CC1. The summed E-state index contributed by atoms with van der Waals surface area (Å²) in [6.45, 7) is 0.756. The van der Waals surface area contributed by atoms with Crippen LogP contribution in [0.5, 0.6) is 0 Å². The maximum absolute atomic E-state index is 12.9. The van der Waals surface area contributed by atoms with Crippen LogP contribution in [0, 0.1) is 0 Å². The van der Waals surface area contributed by atoms with Crippen LogP contribution in [0.3, 0.4) is 0 Å². The molecular weight excluding hydrogens is 497 g/mol. The summed E-state index contributed by atoms with van der Waals surface area (Å²) in [6.07, 6.45) is 9.27. The van der Waals surface area contributed by atoms with Crippen LogP contribution in [0.25, 0.3) is 10.2 Å². The Balaban J connectivity index is 1.55. The number of rotatable bonds is 7. The second-order valence-electron chi connectivity index (χ2n) is 8.38. The summed E-state index contributed by atoms with van der Waals surface area (Å²) in [5.74, 6) is 1.02. The van der Waals surface area contributed by atoms with Crippen LogP contribution in [-0.4, -0.2) is 57.9 Å². The number of aromatic nitrogens is 2. The Morgan fingerprint density at radius 3 is 2.76 bits per heavy atom. The third kappa shape index (κ3) is 4.54. The summed E-state index contributed by atoms with van der Waals surface area (Å²) in [5.41, 5.74) is 1.18. The molecule has 0 radical (unpaired) electrons. The Hall–Kier alpha value is -1.00. The molecule has 1 amide bonds. The van der Waals surface area contributed by atoms with E-state index in [1.54, 1.807) is 17.7 Å². The lowest BCUT2D eigenvalue weighted by molar-refractivity contribution is -0.122. The van der Waals surface area contributed by atoms with Crippen LogP contribution < -0.4 is 10.6 Å². The molecule has 2 N–H and O–H groups in total. The minimum Gasteiger partial charge on any atom is -0.367 e. The molecule has 2 aromatic heterocycles. The first-order chi connectivity index (χ1) is 14.1. The van der Waals surface area contributed by atoms with Crippen molar-refractivity contribution in [3.8, 4) is 0 Å². The van der Waals surface area contributed by atoms with Gasteiger partial charge in [-0.15, -0.1) is 11.3 Å². The Labute approximate surface area is 190 Å². The zero-order chi connectivity index (χ0) is 20.4. The van der Waals surface area contributed by atoms with Gasteiger partial charge >= 0.3 is 0 Å². The van der Waals surface area contributed by atoms with Crippen molar-refractivity contribution in [1.29, 1.82) is 0 Å². The van der Waals surface area contributed by atoms with E-state index < -0.39 is 0 Å². The molecule has 29 heavy (non-hydrogen) atoms. The first kappa shape index (κ1) is 21.2. The molecule has 2 heterocycles. The maximum atomic E-state index is 12.9. The standard InChI is InChI=1S/C21H30IN5OS/c1-27(2)14-6-4-13(5-7-14)26-19-18-17-15(20(28)23-11-3-10-22)8-9-16(17)29-21(18)25-12-24-19/h12-15H,3-11H2,1-2H3,(H,23,28)(H,24,25,26). The quantitative estimate of drug-likeness (QED) is 0.324. The summed E-state index contributed by atoms with van der Waals surface area (Å²) in [7, 11) is 4.35. The molecule has 0 bridgehead atoms. The summed E-state index contributed by atoms with van der Waals surface area (Å²) < 4.78 is 1.06. The number of carbonyl (C=O) groups is 1. The van der Waals surface area contributed by atoms with E-state index in [-0.39, 0.29) is 11.8 Å². The average molecular weight is 527 g/mol. The first-order valence-corrected chi connectivity index (χ1v) is 13.0. The van der Waals surface area contributed by atoms with E-state index >= 15 is 0 Å². The number of nitrogens with one attached hydrogen (secondary N) is 2.